The van der Waals surface area contributed by atoms with Crippen LogP contribution in [0.15, 0.2) is 18.2 Å². The molecule has 1 fully saturated rings. The van der Waals surface area contributed by atoms with Crippen molar-refractivity contribution in [1.29, 1.82) is 0 Å². The molecule has 2 rings (SSSR count). The Morgan fingerprint density at radius 2 is 1.86 bits per heavy atom. The van der Waals surface area contributed by atoms with Gasteiger partial charge in [-0.15, -0.1) is 0 Å². The van der Waals surface area contributed by atoms with Crippen molar-refractivity contribution >= 4 is 28.8 Å². The topological polar surface area (TPSA) is 49.6 Å². The molecule has 1 amide bonds. The third-order valence-corrected chi connectivity index (χ3v) is 4.66. The van der Waals surface area contributed by atoms with Crippen LogP contribution in [0.4, 0.5) is 5.69 Å². The van der Waals surface area contributed by atoms with Crippen LogP contribution in [0.5, 0.6) is 0 Å². The third kappa shape index (κ3) is 3.35. The summed E-state index contributed by atoms with van der Waals surface area (Å²) in [6.07, 6.45) is 0. The van der Waals surface area contributed by atoms with E-state index >= 15 is 0 Å². The number of nitrogens with zero attached hydrogens (tertiary/aromatic N) is 2. The highest BCUT2D eigenvalue weighted by atomic mass is 32.1. The molecule has 1 unspecified atom stereocenters. The Kier molecular flexibility index (Phi) is 4.83. The average Bonchev–Trinajstić information content (AvgIpc) is 2.48. The zero-order valence-corrected chi connectivity index (χ0v) is 13.7. The summed E-state index contributed by atoms with van der Waals surface area (Å²) >= 11 is 4.91. The van der Waals surface area contributed by atoms with Gasteiger partial charge >= 0.3 is 0 Å². The molecule has 0 spiro atoms. The van der Waals surface area contributed by atoms with Gasteiger partial charge in [0.05, 0.1) is 10.9 Å². The second-order valence-electron chi connectivity index (χ2n) is 5.66. The largest absolute Gasteiger partial charge is 0.393 e. The van der Waals surface area contributed by atoms with Gasteiger partial charge in [-0.25, -0.2) is 0 Å². The molecule has 2 N–H and O–H groups in total. The van der Waals surface area contributed by atoms with Crippen LogP contribution in [0.1, 0.15) is 18.1 Å². The van der Waals surface area contributed by atoms with Gasteiger partial charge in [-0.3, -0.25) is 4.79 Å². The number of anilines is 1. The Labute approximate surface area is 131 Å². The normalized spacial score (nSPS) is 16.7. The van der Waals surface area contributed by atoms with Crippen molar-refractivity contribution in [3.05, 3.63) is 29.3 Å². The highest BCUT2D eigenvalue weighted by Gasteiger charge is 2.26. The molecule has 0 radical (unpaired) electrons. The number of rotatable bonds is 3. The Balaban J connectivity index is 2.02. The van der Waals surface area contributed by atoms with E-state index in [0.29, 0.717) is 0 Å². The van der Waals surface area contributed by atoms with Crippen LogP contribution in [0, 0.1) is 19.8 Å². The van der Waals surface area contributed by atoms with Crippen molar-refractivity contribution in [3.8, 4) is 0 Å². The number of aryl methyl sites for hydroxylation is 1. The van der Waals surface area contributed by atoms with Gasteiger partial charge in [0.2, 0.25) is 5.91 Å². The summed E-state index contributed by atoms with van der Waals surface area (Å²) in [4.78, 5) is 16.7. The maximum atomic E-state index is 12.2. The van der Waals surface area contributed by atoms with Crippen LogP contribution in [-0.2, 0) is 4.79 Å². The van der Waals surface area contributed by atoms with E-state index in [-0.39, 0.29) is 16.8 Å². The van der Waals surface area contributed by atoms with Crippen LogP contribution in [-0.4, -0.2) is 42.0 Å². The molecular weight excluding hydrogens is 282 g/mol. The standard InChI is InChI=1S/C16H23N3OS/c1-11-5-4-6-14(12(11)2)18-7-9-19(10-8-18)16(20)13(3)15(17)21/h4-6,13H,7-10H2,1-3H3,(H2,17,21). The zero-order valence-electron chi connectivity index (χ0n) is 12.9. The fourth-order valence-electron chi connectivity index (χ4n) is 2.64. The van der Waals surface area contributed by atoms with Crippen molar-refractivity contribution in [1.82, 2.24) is 4.90 Å². The maximum Gasteiger partial charge on any atom is 0.232 e. The number of carbonyl (C=O) groups is 1. The van der Waals surface area contributed by atoms with E-state index in [1.807, 2.05) is 4.90 Å². The Hall–Kier alpha value is -1.62. The average molecular weight is 305 g/mol. The summed E-state index contributed by atoms with van der Waals surface area (Å²) in [7, 11) is 0. The molecule has 1 aliphatic heterocycles. The van der Waals surface area contributed by atoms with E-state index in [4.69, 9.17) is 18.0 Å². The lowest BCUT2D eigenvalue weighted by Gasteiger charge is -2.38. The number of amides is 1. The van der Waals surface area contributed by atoms with Crippen LogP contribution in [0.25, 0.3) is 0 Å². The van der Waals surface area contributed by atoms with Gasteiger partial charge < -0.3 is 15.5 Å². The zero-order chi connectivity index (χ0) is 15.6. The molecular formula is C16H23N3OS. The number of piperazine rings is 1. The quantitative estimate of drug-likeness (QED) is 0.866. The first-order chi connectivity index (χ1) is 9.91. The second kappa shape index (κ2) is 6.43. The van der Waals surface area contributed by atoms with Crippen LogP contribution in [0.3, 0.4) is 0 Å². The maximum absolute atomic E-state index is 12.2. The number of carbonyl (C=O) groups excluding carboxylic acids is 1. The molecule has 0 aromatic heterocycles. The molecule has 1 heterocycles. The second-order valence-corrected chi connectivity index (χ2v) is 6.13. The molecule has 0 bridgehead atoms. The summed E-state index contributed by atoms with van der Waals surface area (Å²) < 4.78 is 0. The fraction of sp³-hybridized carbons (Fsp3) is 0.500. The predicted molar refractivity (Wildman–Crippen MR) is 90.7 cm³/mol. The monoisotopic (exact) mass is 305 g/mol. The lowest BCUT2D eigenvalue weighted by Crippen LogP contribution is -2.51. The van der Waals surface area contributed by atoms with Crippen LogP contribution < -0.4 is 10.6 Å². The third-order valence-electron chi connectivity index (χ3n) is 4.31. The number of thiocarbonyl (C=S) groups is 1. The minimum Gasteiger partial charge on any atom is -0.393 e. The number of hydrogen-bond donors (Lipinski definition) is 1. The first-order valence-corrected chi connectivity index (χ1v) is 7.72. The van der Waals surface area contributed by atoms with Gasteiger partial charge in [0, 0.05) is 31.9 Å². The SMILES string of the molecule is Cc1cccc(N2CCN(C(=O)C(C)C(N)=S)CC2)c1C. The molecule has 1 saturated heterocycles. The summed E-state index contributed by atoms with van der Waals surface area (Å²) in [6.45, 7) is 9.19. The summed E-state index contributed by atoms with van der Waals surface area (Å²) in [5, 5.41) is 0. The lowest BCUT2D eigenvalue weighted by molar-refractivity contribution is -0.133. The number of hydrogen-bond acceptors (Lipinski definition) is 3. The minimum atomic E-state index is -0.368. The Morgan fingerprint density at radius 1 is 1.24 bits per heavy atom. The van der Waals surface area contributed by atoms with Crippen molar-refractivity contribution < 1.29 is 4.79 Å². The minimum absolute atomic E-state index is 0.0446. The smallest absolute Gasteiger partial charge is 0.232 e. The molecule has 114 valence electrons. The number of nitrogens with two attached hydrogens (primary N) is 1. The highest BCUT2D eigenvalue weighted by Crippen LogP contribution is 2.24. The molecule has 0 aliphatic carbocycles. The Bertz CT molecular complexity index is 550. The van der Waals surface area contributed by atoms with E-state index < -0.39 is 0 Å². The number of benzene rings is 1. The molecule has 1 aliphatic rings. The first kappa shape index (κ1) is 15.8. The molecule has 1 aromatic rings. The van der Waals surface area contributed by atoms with E-state index in [1.54, 1.807) is 6.92 Å². The van der Waals surface area contributed by atoms with Crippen molar-refractivity contribution in [2.75, 3.05) is 31.1 Å². The van der Waals surface area contributed by atoms with Gasteiger partial charge in [-0.05, 0) is 38.0 Å². The van der Waals surface area contributed by atoms with Crippen LogP contribution >= 0.6 is 12.2 Å². The Morgan fingerprint density at radius 3 is 2.43 bits per heavy atom. The van der Waals surface area contributed by atoms with Gasteiger partial charge in [0.1, 0.15) is 0 Å². The van der Waals surface area contributed by atoms with Crippen molar-refractivity contribution in [3.63, 3.8) is 0 Å². The van der Waals surface area contributed by atoms with Crippen LogP contribution in [0.2, 0.25) is 0 Å². The van der Waals surface area contributed by atoms with E-state index in [2.05, 4.69) is 36.9 Å². The molecule has 1 aromatic carbocycles. The lowest BCUT2D eigenvalue weighted by atomic mass is 10.1. The molecule has 1 atom stereocenters. The molecule has 21 heavy (non-hydrogen) atoms. The van der Waals surface area contributed by atoms with E-state index in [9.17, 15) is 4.79 Å². The van der Waals surface area contributed by atoms with Gasteiger partial charge in [-0.1, -0.05) is 24.4 Å². The predicted octanol–water partition coefficient (Wildman–Crippen LogP) is 1.87. The highest BCUT2D eigenvalue weighted by molar-refractivity contribution is 7.80. The fourth-order valence-corrected chi connectivity index (χ4v) is 2.74. The van der Waals surface area contributed by atoms with Gasteiger partial charge in [-0.2, -0.15) is 0 Å². The van der Waals surface area contributed by atoms with Crippen molar-refractivity contribution in [2.24, 2.45) is 11.7 Å². The summed E-state index contributed by atoms with van der Waals surface area (Å²) in [5.74, 6) is -0.324. The molecule has 0 saturated carbocycles. The van der Waals surface area contributed by atoms with Gasteiger partial charge in [0.15, 0.2) is 0 Å². The molecule has 5 heteroatoms. The van der Waals surface area contributed by atoms with Gasteiger partial charge in [0.25, 0.3) is 0 Å². The van der Waals surface area contributed by atoms with Crippen molar-refractivity contribution in [2.45, 2.75) is 20.8 Å². The first-order valence-electron chi connectivity index (χ1n) is 7.31. The van der Waals surface area contributed by atoms with E-state index in [1.165, 1.54) is 16.8 Å². The summed E-state index contributed by atoms with van der Waals surface area (Å²) in [6, 6.07) is 6.37. The molecule has 4 nitrogen and oxygen atoms in total. The summed E-state index contributed by atoms with van der Waals surface area (Å²) in [5.41, 5.74) is 9.45. The van der Waals surface area contributed by atoms with E-state index in [0.717, 1.165) is 26.2 Å².